The van der Waals surface area contributed by atoms with Gasteiger partial charge in [0.1, 0.15) is 5.60 Å². The molecule has 1 fully saturated rings. The molecule has 43 heavy (non-hydrogen) atoms. The summed E-state index contributed by atoms with van der Waals surface area (Å²) >= 11 is 0. The normalized spacial score (nSPS) is 15.5. The number of urea groups is 1. The van der Waals surface area contributed by atoms with Crippen LogP contribution in [0.5, 0.6) is 0 Å². The zero-order valence-corrected chi connectivity index (χ0v) is 24.1. The molecule has 0 unspecified atom stereocenters. The summed E-state index contributed by atoms with van der Waals surface area (Å²) in [4.78, 5) is 16.0. The molecule has 232 valence electrons. The Labute approximate surface area is 247 Å². The Balaban J connectivity index is 1.49. The fourth-order valence-corrected chi connectivity index (χ4v) is 5.37. The topological polar surface area (TPSA) is 55.8 Å². The van der Waals surface area contributed by atoms with Crippen molar-refractivity contribution in [2.75, 3.05) is 25.5 Å². The second-order valence-corrected chi connectivity index (χ2v) is 11.3. The molecule has 3 aromatic carbocycles. The molecule has 1 saturated heterocycles. The molecule has 11 heteroatoms. The smallest absolute Gasteiger partial charge is 0.380 e. The molecular weight excluding hydrogens is 572 g/mol. The van der Waals surface area contributed by atoms with Crippen LogP contribution in [0.3, 0.4) is 0 Å². The minimum absolute atomic E-state index is 0.0540. The van der Waals surface area contributed by atoms with E-state index in [1.165, 1.54) is 24.3 Å². The molecule has 1 aliphatic heterocycles. The summed E-state index contributed by atoms with van der Waals surface area (Å²) in [6.07, 6.45) is -8.20. The van der Waals surface area contributed by atoms with E-state index in [4.69, 9.17) is 0 Å². The minimum atomic E-state index is -4.56. The average Bonchev–Trinajstić information content (AvgIpc) is 2.97. The number of anilines is 1. The maximum Gasteiger partial charge on any atom is 0.416 e. The van der Waals surface area contributed by atoms with Crippen LogP contribution in [-0.4, -0.2) is 47.1 Å². The van der Waals surface area contributed by atoms with Crippen molar-refractivity contribution in [2.24, 2.45) is 5.92 Å². The van der Waals surface area contributed by atoms with Gasteiger partial charge in [0.2, 0.25) is 0 Å². The van der Waals surface area contributed by atoms with Crippen LogP contribution in [0.1, 0.15) is 54.5 Å². The molecule has 4 rings (SSSR count). The predicted octanol–water partition coefficient (Wildman–Crippen LogP) is 7.74. The Morgan fingerprint density at radius 3 is 1.63 bits per heavy atom. The molecular formula is C32H35F6N3O2. The fourth-order valence-electron chi connectivity index (χ4n) is 5.37. The lowest BCUT2D eigenvalue weighted by Crippen LogP contribution is -2.44. The molecule has 5 nitrogen and oxygen atoms in total. The van der Waals surface area contributed by atoms with Crippen molar-refractivity contribution >= 4 is 11.7 Å². The zero-order valence-electron chi connectivity index (χ0n) is 24.1. The minimum Gasteiger partial charge on any atom is -0.380 e. The van der Waals surface area contributed by atoms with Gasteiger partial charge in [-0.2, -0.15) is 26.3 Å². The second-order valence-electron chi connectivity index (χ2n) is 11.3. The first-order valence-corrected chi connectivity index (χ1v) is 14.0. The molecule has 0 bridgehead atoms. The SMILES string of the molecule is CC(C)N(C)C(=O)Nc1ccc(CN2CCC(C(O)(c3ccc(C(F)(F)F)cc3)c3ccc(C(F)(F)F)cc3)CC2)cc1. The van der Waals surface area contributed by atoms with E-state index in [0.717, 1.165) is 29.8 Å². The van der Waals surface area contributed by atoms with E-state index >= 15 is 0 Å². The lowest BCUT2D eigenvalue weighted by atomic mass is 9.71. The summed E-state index contributed by atoms with van der Waals surface area (Å²) < 4.78 is 79.3. The van der Waals surface area contributed by atoms with Gasteiger partial charge in [-0.25, -0.2) is 4.79 Å². The van der Waals surface area contributed by atoms with Crippen LogP contribution < -0.4 is 5.32 Å². The van der Waals surface area contributed by atoms with Crippen LogP contribution in [0, 0.1) is 5.92 Å². The van der Waals surface area contributed by atoms with Gasteiger partial charge < -0.3 is 15.3 Å². The number of nitrogens with zero attached hydrogens (tertiary/aromatic N) is 2. The van der Waals surface area contributed by atoms with Crippen LogP contribution in [0.2, 0.25) is 0 Å². The van der Waals surface area contributed by atoms with Crippen molar-refractivity contribution < 1.29 is 36.2 Å². The van der Waals surface area contributed by atoms with Gasteiger partial charge in [0.05, 0.1) is 11.1 Å². The number of carbonyl (C=O) groups is 1. The van der Waals surface area contributed by atoms with E-state index in [-0.39, 0.29) is 23.2 Å². The molecule has 1 heterocycles. The highest BCUT2D eigenvalue weighted by Gasteiger charge is 2.43. The highest BCUT2D eigenvalue weighted by molar-refractivity contribution is 5.89. The van der Waals surface area contributed by atoms with E-state index < -0.39 is 35.0 Å². The Hall–Kier alpha value is -3.57. The number of aliphatic hydroxyl groups is 1. The second kappa shape index (κ2) is 12.6. The van der Waals surface area contributed by atoms with Crippen LogP contribution in [0.4, 0.5) is 36.8 Å². The van der Waals surface area contributed by atoms with Gasteiger partial charge in [-0.1, -0.05) is 36.4 Å². The van der Waals surface area contributed by atoms with E-state index in [2.05, 4.69) is 10.2 Å². The Morgan fingerprint density at radius 2 is 1.23 bits per heavy atom. The van der Waals surface area contributed by atoms with Crippen molar-refractivity contribution in [1.82, 2.24) is 9.80 Å². The van der Waals surface area contributed by atoms with Gasteiger partial charge >= 0.3 is 18.4 Å². The molecule has 1 aliphatic rings. The molecule has 3 aromatic rings. The van der Waals surface area contributed by atoms with Crippen molar-refractivity contribution in [3.8, 4) is 0 Å². The number of rotatable bonds is 7. The monoisotopic (exact) mass is 607 g/mol. The summed E-state index contributed by atoms with van der Waals surface area (Å²) in [7, 11) is 1.72. The largest absolute Gasteiger partial charge is 0.416 e. The average molecular weight is 608 g/mol. The number of nitrogens with one attached hydrogen (secondary N) is 1. The van der Waals surface area contributed by atoms with Crippen LogP contribution in [0.25, 0.3) is 0 Å². The number of piperidine rings is 1. The molecule has 0 aromatic heterocycles. The molecule has 0 radical (unpaired) electrons. The molecule has 0 aliphatic carbocycles. The third-order valence-electron chi connectivity index (χ3n) is 8.19. The summed E-state index contributed by atoms with van der Waals surface area (Å²) in [5.74, 6) is -0.451. The number of hydrogen-bond donors (Lipinski definition) is 2. The highest BCUT2D eigenvalue weighted by Crippen LogP contribution is 2.44. The third kappa shape index (κ3) is 7.51. The maximum atomic E-state index is 13.2. The molecule has 0 spiro atoms. The molecule has 0 atom stereocenters. The summed E-state index contributed by atoms with van der Waals surface area (Å²) in [5.41, 5.74) is -1.48. The molecule has 2 amide bonds. The molecule has 0 saturated carbocycles. The maximum absolute atomic E-state index is 13.2. The summed E-state index contributed by atoms with van der Waals surface area (Å²) in [6.45, 7) is 5.56. The Morgan fingerprint density at radius 1 is 0.814 bits per heavy atom. The lowest BCUT2D eigenvalue weighted by Gasteiger charge is -2.42. The van der Waals surface area contributed by atoms with E-state index in [0.29, 0.717) is 38.2 Å². The Kier molecular flexibility index (Phi) is 9.46. The number of halogens is 6. The van der Waals surface area contributed by atoms with Crippen molar-refractivity contribution in [3.63, 3.8) is 0 Å². The standard InChI is InChI=1S/C32H35F6N3O2/c1-21(2)40(3)29(42)39-28-14-4-22(5-15-28)20-41-18-16-25(17-19-41)30(43,23-6-10-26(11-7-23)31(33,34)35)24-8-12-27(13-9-24)32(36,37)38/h4-15,21,25,43H,16-20H2,1-3H3,(H,39,42). The third-order valence-corrected chi connectivity index (χ3v) is 8.19. The van der Waals surface area contributed by atoms with Crippen molar-refractivity contribution in [2.45, 2.75) is 57.2 Å². The first-order chi connectivity index (χ1) is 20.1. The molecule has 2 N–H and O–H groups in total. The van der Waals surface area contributed by atoms with Crippen LogP contribution >= 0.6 is 0 Å². The van der Waals surface area contributed by atoms with Crippen LogP contribution in [0.15, 0.2) is 72.8 Å². The van der Waals surface area contributed by atoms with E-state index in [1.807, 2.05) is 38.1 Å². The van der Waals surface area contributed by atoms with Crippen molar-refractivity contribution in [3.05, 3.63) is 101 Å². The first-order valence-electron chi connectivity index (χ1n) is 14.0. The lowest BCUT2D eigenvalue weighted by molar-refractivity contribution is -0.138. The fraction of sp³-hybridized carbons (Fsp3) is 0.406. The summed E-state index contributed by atoms with van der Waals surface area (Å²) in [5, 5.41) is 15.0. The van der Waals surface area contributed by atoms with Gasteiger partial charge in [0.25, 0.3) is 0 Å². The number of amides is 2. The quantitative estimate of drug-likeness (QED) is 0.270. The number of alkyl halides is 6. The van der Waals surface area contributed by atoms with Gasteiger partial charge in [-0.3, -0.25) is 4.90 Å². The van der Waals surface area contributed by atoms with Gasteiger partial charge in [0.15, 0.2) is 0 Å². The number of carbonyl (C=O) groups excluding carboxylic acids is 1. The van der Waals surface area contributed by atoms with Gasteiger partial charge in [-0.15, -0.1) is 0 Å². The number of hydrogen-bond acceptors (Lipinski definition) is 3. The van der Waals surface area contributed by atoms with E-state index in [1.54, 1.807) is 11.9 Å². The first kappa shape index (κ1) is 32.3. The van der Waals surface area contributed by atoms with E-state index in [9.17, 15) is 36.2 Å². The van der Waals surface area contributed by atoms with Crippen molar-refractivity contribution in [1.29, 1.82) is 0 Å². The highest BCUT2D eigenvalue weighted by atomic mass is 19.4. The predicted molar refractivity (Wildman–Crippen MR) is 152 cm³/mol. The van der Waals surface area contributed by atoms with Gasteiger partial charge in [-0.05, 0) is 98.8 Å². The van der Waals surface area contributed by atoms with Crippen LogP contribution in [-0.2, 0) is 24.5 Å². The van der Waals surface area contributed by atoms with Gasteiger partial charge in [0, 0.05) is 25.3 Å². The number of benzene rings is 3. The Bertz CT molecular complexity index is 1310. The number of likely N-dealkylation sites (tertiary alicyclic amines) is 1. The summed E-state index contributed by atoms with van der Waals surface area (Å²) in [6, 6.07) is 15.6. The zero-order chi connectivity index (χ0) is 31.6.